The van der Waals surface area contributed by atoms with Gasteiger partial charge in [-0.1, -0.05) is 11.8 Å². The SMILES string of the molecule is Cc1cc(C#CCCl)cc(N)c1N. The summed E-state index contributed by atoms with van der Waals surface area (Å²) >= 11 is 5.43. The lowest BCUT2D eigenvalue weighted by molar-refractivity contribution is 1.45. The van der Waals surface area contributed by atoms with E-state index < -0.39 is 0 Å². The van der Waals surface area contributed by atoms with Crippen LogP contribution in [0.25, 0.3) is 0 Å². The van der Waals surface area contributed by atoms with Gasteiger partial charge in [0, 0.05) is 5.56 Å². The second kappa shape index (κ2) is 4.06. The van der Waals surface area contributed by atoms with Gasteiger partial charge in [0.25, 0.3) is 0 Å². The van der Waals surface area contributed by atoms with Crippen LogP contribution in [-0.2, 0) is 0 Å². The zero-order chi connectivity index (χ0) is 9.84. The molecule has 4 N–H and O–H groups in total. The van der Waals surface area contributed by atoms with Gasteiger partial charge in [0.2, 0.25) is 0 Å². The number of alkyl halides is 1. The molecule has 3 heteroatoms. The van der Waals surface area contributed by atoms with Crippen molar-refractivity contribution in [3.63, 3.8) is 0 Å². The molecule has 13 heavy (non-hydrogen) atoms. The first-order valence-corrected chi connectivity index (χ1v) is 4.39. The summed E-state index contributed by atoms with van der Waals surface area (Å²) in [6.07, 6.45) is 0. The summed E-state index contributed by atoms with van der Waals surface area (Å²) in [6.45, 7) is 1.90. The summed E-state index contributed by atoms with van der Waals surface area (Å²) in [5.41, 5.74) is 14.3. The molecule has 2 nitrogen and oxygen atoms in total. The van der Waals surface area contributed by atoms with Crippen LogP contribution in [0.5, 0.6) is 0 Å². The smallest absolute Gasteiger partial charge is 0.0839 e. The van der Waals surface area contributed by atoms with E-state index in [4.69, 9.17) is 23.1 Å². The van der Waals surface area contributed by atoms with Crippen molar-refractivity contribution in [2.75, 3.05) is 17.3 Å². The maximum atomic E-state index is 5.68. The number of rotatable bonds is 0. The Morgan fingerprint density at radius 2 is 2.08 bits per heavy atom. The zero-order valence-electron chi connectivity index (χ0n) is 7.39. The van der Waals surface area contributed by atoms with Crippen molar-refractivity contribution in [2.45, 2.75) is 6.92 Å². The largest absolute Gasteiger partial charge is 0.397 e. The lowest BCUT2D eigenvalue weighted by atomic mass is 10.1. The van der Waals surface area contributed by atoms with Crippen molar-refractivity contribution >= 4 is 23.0 Å². The number of nitrogens with two attached hydrogens (primary N) is 2. The van der Waals surface area contributed by atoms with E-state index in [0.717, 1.165) is 11.1 Å². The minimum atomic E-state index is 0.323. The standard InChI is InChI=1S/C10H11ClN2/c1-7-5-8(3-2-4-11)6-9(12)10(7)13/h5-6H,4,12-13H2,1H3. The van der Waals surface area contributed by atoms with Gasteiger partial charge in [-0.15, -0.1) is 11.6 Å². The lowest BCUT2D eigenvalue weighted by Crippen LogP contribution is -1.97. The van der Waals surface area contributed by atoms with E-state index >= 15 is 0 Å². The first-order valence-electron chi connectivity index (χ1n) is 3.85. The molecule has 0 aliphatic heterocycles. The van der Waals surface area contributed by atoms with Gasteiger partial charge in [-0.2, -0.15) is 0 Å². The Kier molecular flexibility index (Phi) is 3.05. The van der Waals surface area contributed by atoms with Crippen LogP contribution in [0.2, 0.25) is 0 Å². The van der Waals surface area contributed by atoms with E-state index in [1.165, 1.54) is 0 Å². The summed E-state index contributed by atoms with van der Waals surface area (Å²) in [5, 5.41) is 0. The molecular weight excluding hydrogens is 184 g/mol. The number of halogens is 1. The third kappa shape index (κ3) is 2.30. The van der Waals surface area contributed by atoms with Crippen LogP contribution in [0, 0.1) is 18.8 Å². The molecule has 1 aromatic rings. The predicted octanol–water partition coefficient (Wildman–Crippen LogP) is 1.75. The molecule has 0 heterocycles. The van der Waals surface area contributed by atoms with Gasteiger partial charge in [-0.05, 0) is 24.6 Å². The lowest BCUT2D eigenvalue weighted by Gasteiger charge is -2.04. The van der Waals surface area contributed by atoms with Crippen LogP contribution in [0.15, 0.2) is 12.1 Å². The van der Waals surface area contributed by atoms with E-state index in [-0.39, 0.29) is 0 Å². The average molecular weight is 195 g/mol. The Morgan fingerprint density at radius 3 is 2.62 bits per heavy atom. The van der Waals surface area contributed by atoms with Crippen molar-refractivity contribution in [1.29, 1.82) is 0 Å². The van der Waals surface area contributed by atoms with E-state index in [9.17, 15) is 0 Å². The van der Waals surface area contributed by atoms with E-state index in [0.29, 0.717) is 17.3 Å². The number of benzene rings is 1. The monoisotopic (exact) mass is 194 g/mol. The average Bonchev–Trinajstić information content (AvgIpc) is 2.10. The van der Waals surface area contributed by atoms with Gasteiger partial charge in [0.1, 0.15) is 0 Å². The molecule has 0 aromatic heterocycles. The molecule has 0 fully saturated rings. The highest BCUT2D eigenvalue weighted by molar-refractivity contribution is 6.19. The maximum Gasteiger partial charge on any atom is 0.0839 e. The first kappa shape index (κ1) is 9.76. The Hall–Kier alpha value is -1.33. The van der Waals surface area contributed by atoms with Gasteiger partial charge in [0.05, 0.1) is 17.3 Å². The summed E-state index contributed by atoms with van der Waals surface area (Å²) in [6, 6.07) is 3.65. The molecule has 0 spiro atoms. The minimum absolute atomic E-state index is 0.323. The van der Waals surface area contributed by atoms with Crippen LogP contribution in [0.3, 0.4) is 0 Å². The van der Waals surface area contributed by atoms with Gasteiger partial charge in [-0.25, -0.2) is 0 Å². The van der Waals surface area contributed by atoms with E-state index in [1.54, 1.807) is 6.07 Å². The van der Waals surface area contributed by atoms with Crippen molar-refractivity contribution in [3.05, 3.63) is 23.3 Å². The molecule has 0 atom stereocenters. The fourth-order valence-corrected chi connectivity index (χ4v) is 1.10. The third-order valence-electron chi connectivity index (χ3n) is 1.72. The van der Waals surface area contributed by atoms with E-state index in [2.05, 4.69) is 11.8 Å². The number of anilines is 2. The summed E-state index contributed by atoms with van der Waals surface area (Å²) in [5.74, 6) is 5.97. The fourth-order valence-electron chi connectivity index (χ4n) is 1.03. The van der Waals surface area contributed by atoms with Gasteiger partial charge < -0.3 is 11.5 Å². The molecule has 0 radical (unpaired) electrons. The number of hydrogen-bond donors (Lipinski definition) is 2. The maximum absolute atomic E-state index is 5.68. The molecule has 0 aliphatic rings. The van der Waals surface area contributed by atoms with Crippen molar-refractivity contribution < 1.29 is 0 Å². The fraction of sp³-hybridized carbons (Fsp3) is 0.200. The molecular formula is C10H11ClN2. The molecule has 0 unspecified atom stereocenters. The highest BCUT2D eigenvalue weighted by Crippen LogP contribution is 2.20. The van der Waals surface area contributed by atoms with Crippen LogP contribution >= 0.6 is 11.6 Å². The molecule has 0 saturated heterocycles. The van der Waals surface area contributed by atoms with Crippen LogP contribution in [0.1, 0.15) is 11.1 Å². The minimum Gasteiger partial charge on any atom is -0.397 e. The number of nitrogen functional groups attached to an aromatic ring is 2. The molecule has 0 saturated carbocycles. The molecule has 1 aromatic carbocycles. The van der Waals surface area contributed by atoms with Crippen LogP contribution < -0.4 is 11.5 Å². The van der Waals surface area contributed by atoms with Gasteiger partial charge in [-0.3, -0.25) is 0 Å². The molecule has 68 valence electrons. The number of hydrogen-bond acceptors (Lipinski definition) is 2. The topological polar surface area (TPSA) is 52.0 Å². The second-order valence-corrected chi connectivity index (χ2v) is 3.00. The summed E-state index contributed by atoms with van der Waals surface area (Å²) < 4.78 is 0. The summed E-state index contributed by atoms with van der Waals surface area (Å²) in [7, 11) is 0. The van der Waals surface area contributed by atoms with Crippen molar-refractivity contribution in [3.8, 4) is 11.8 Å². The normalized spacial score (nSPS) is 9.08. The Morgan fingerprint density at radius 1 is 1.38 bits per heavy atom. The third-order valence-corrected chi connectivity index (χ3v) is 1.85. The second-order valence-electron chi connectivity index (χ2n) is 2.73. The quantitative estimate of drug-likeness (QED) is 0.376. The zero-order valence-corrected chi connectivity index (χ0v) is 8.15. The van der Waals surface area contributed by atoms with Gasteiger partial charge >= 0.3 is 0 Å². The summed E-state index contributed by atoms with van der Waals surface area (Å²) in [4.78, 5) is 0. The molecule has 1 rings (SSSR count). The van der Waals surface area contributed by atoms with Crippen LogP contribution in [-0.4, -0.2) is 5.88 Å². The van der Waals surface area contributed by atoms with Crippen molar-refractivity contribution in [2.24, 2.45) is 0 Å². The highest BCUT2D eigenvalue weighted by atomic mass is 35.5. The Bertz CT molecular complexity index is 351. The Balaban J connectivity index is 3.13. The first-order chi connectivity index (χ1) is 6.15. The van der Waals surface area contributed by atoms with Crippen LogP contribution in [0.4, 0.5) is 11.4 Å². The van der Waals surface area contributed by atoms with E-state index in [1.807, 2.05) is 13.0 Å². The van der Waals surface area contributed by atoms with Crippen molar-refractivity contribution in [1.82, 2.24) is 0 Å². The molecule has 0 amide bonds. The molecule has 0 bridgehead atoms. The van der Waals surface area contributed by atoms with Gasteiger partial charge in [0.15, 0.2) is 0 Å². The highest BCUT2D eigenvalue weighted by Gasteiger charge is 1.99. The Labute approximate surface area is 82.9 Å². The predicted molar refractivity (Wildman–Crippen MR) is 57.6 cm³/mol. The molecule has 0 aliphatic carbocycles. The number of aryl methyl sites for hydroxylation is 1.